The van der Waals surface area contributed by atoms with Crippen molar-refractivity contribution < 1.29 is 5.11 Å². The van der Waals surface area contributed by atoms with Crippen LogP contribution in [-0.4, -0.2) is 27.3 Å². The standard InChI is InChI=1S/C6H12OS2.CH4/c1-2-5-4-8-6(3-7)9-5;/h5-7H,2-4H2,1H3;1H4. The van der Waals surface area contributed by atoms with Crippen molar-refractivity contribution >= 4 is 23.5 Å². The van der Waals surface area contributed by atoms with Crippen LogP contribution in [0.4, 0.5) is 0 Å². The van der Waals surface area contributed by atoms with Crippen LogP contribution in [-0.2, 0) is 0 Å². The van der Waals surface area contributed by atoms with Crippen LogP contribution in [0.5, 0.6) is 0 Å². The molecule has 0 aliphatic carbocycles. The van der Waals surface area contributed by atoms with E-state index in [0.29, 0.717) is 11.2 Å². The van der Waals surface area contributed by atoms with E-state index >= 15 is 0 Å². The van der Waals surface area contributed by atoms with Gasteiger partial charge in [-0.3, -0.25) is 0 Å². The second-order valence-corrected chi connectivity index (χ2v) is 5.15. The van der Waals surface area contributed by atoms with E-state index in [2.05, 4.69) is 6.92 Å². The first-order valence-corrected chi connectivity index (χ1v) is 5.24. The fraction of sp³-hybridized carbons (Fsp3) is 1.00. The van der Waals surface area contributed by atoms with Crippen molar-refractivity contribution in [2.75, 3.05) is 12.4 Å². The lowest BCUT2D eigenvalue weighted by molar-refractivity contribution is 0.316. The van der Waals surface area contributed by atoms with Gasteiger partial charge in [-0.25, -0.2) is 0 Å². The molecule has 0 aromatic rings. The summed E-state index contributed by atoms with van der Waals surface area (Å²) in [4.78, 5) is 0. The second-order valence-electron chi connectivity index (χ2n) is 2.11. The van der Waals surface area contributed by atoms with Gasteiger partial charge >= 0.3 is 0 Å². The molecule has 0 spiro atoms. The lowest BCUT2D eigenvalue weighted by atomic mass is 10.4. The van der Waals surface area contributed by atoms with Crippen molar-refractivity contribution in [2.24, 2.45) is 0 Å². The number of aliphatic hydroxyl groups is 1. The van der Waals surface area contributed by atoms with Crippen LogP contribution in [0.15, 0.2) is 0 Å². The van der Waals surface area contributed by atoms with Crippen LogP contribution >= 0.6 is 23.5 Å². The van der Waals surface area contributed by atoms with E-state index in [9.17, 15) is 0 Å². The van der Waals surface area contributed by atoms with Gasteiger partial charge in [0, 0.05) is 11.0 Å². The molecule has 62 valence electrons. The predicted molar refractivity (Wildman–Crippen MR) is 51.7 cm³/mol. The maximum atomic E-state index is 8.74. The molecule has 10 heavy (non-hydrogen) atoms. The minimum atomic E-state index is 0. The average Bonchev–Trinajstić information content (AvgIpc) is 2.34. The number of thioether (sulfide) groups is 2. The third-order valence-electron chi connectivity index (χ3n) is 1.42. The first kappa shape index (κ1) is 10.7. The molecule has 0 amide bonds. The number of hydrogen-bond acceptors (Lipinski definition) is 3. The Balaban J connectivity index is 0.000000810. The molecule has 0 saturated carbocycles. The Morgan fingerprint density at radius 2 is 2.30 bits per heavy atom. The maximum absolute atomic E-state index is 8.74. The molecule has 3 heteroatoms. The SMILES string of the molecule is C.CCC1CSC(CO)S1. The smallest absolute Gasteiger partial charge is 0.0736 e. The Kier molecular flexibility index (Phi) is 5.68. The third-order valence-corrected chi connectivity index (χ3v) is 4.82. The highest BCUT2D eigenvalue weighted by Crippen LogP contribution is 2.38. The Hall–Kier alpha value is 0.660. The number of rotatable bonds is 2. The fourth-order valence-corrected chi connectivity index (χ4v) is 3.87. The average molecular weight is 180 g/mol. The summed E-state index contributed by atoms with van der Waals surface area (Å²) in [5.41, 5.74) is 0. The van der Waals surface area contributed by atoms with Gasteiger partial charge in [0.05, 0.1) is 11.2 Å². The summed E-state index contributed by atoms with van der Waals surface area (Å²) in [6.07, 6.45) is 1.24. The van der Waals surface area contributed by atoms with E-state index in [4.69, 9.17) is 5.11 Å². The zero-order valence-electron chi connectivity index (χ0n) is 5.54. The van der Waals surface area contributed by atoms with Gasteiger partial charge in [-0.2, -0.15) is 0 Å². The monoisotopic (exact) mass is 180 g/mol. The van der Waals surface area contributed by atoms with E-state index < -0.39 is 0 Å². The van der Waals surface area contributed by atoms with Crippen LogP contribution in [0.25, 0.3) is 0 Å². The molecular formula is C7H16OS2. The highest BCUT2D eigenvalue weighted by molar-refractivity contribution is 8.20. The summed E-state index contributed by atoms with van der Waals surface area (Å²) in [6, 6.07) is 0. The Morgan fingerprint density at radius 1 is 1.60 bits per heavy atom. The van der Waals surface area contributed by atoms with Gasteiger partial charge in [0.15, 0.2) is 0 Å². The van der Waals surface area contributed by atoms with Gasteiger partial charge in [-0.05, 0) is 6.42 Å². The summed E-state index contributed by atoms with van der Waals surface area (Å²) in [5.74, 6) is 1.23. The molecule has 1 fully saturated rings. The van der Waals surface area contributed by atoms with E-state index in [-0.39, 0.29) is 7.43 Å². The molecule has 2 unspecified atom stereocenters. The Morgan fingerprint density at radius 3 is 2.60 bits per heavy atom. The first-order chi connectivity index (χ1) is 4.36. The molecule has 1 heterocycles. The molecule has 1 saturated heterocycles. The largest absolute Gasteiger partial charge is 0.394 e. The van der Waals surface area contributed by atoms with Gasteiger partial charge < -0.3 is 5.11 Å². The molecule has 0 aromatic heterocycles. The van der Waals surface area contributed by atoms with Gasteiger partial charge in [0.25, 0.3) is 0 Å². The van der Waals surface area contributed by atoms with Crippen LogP contribution in [0.2, 0.25) is 0 Å². The zero-order valence-corrected chi connectivity index (χ0v) is 7.17. The van der Waals surface area contributed by atoms with E-state index in [0.717, 1.165) is 5.25 Å². The topological polar surface area (TPSA) is 20.2 Å². The highest BCUT2D eigenvalue weighted by Gasteiger charge is 2.23. The second kappa shape index (κ2) is 5.33. The number of hydrogen-bond donors (Lipinski definition) is 1. The molecule has 0 aromatic carbocycles. The molecular weight excluding hydrogens is 164 g/mol. The summed E-state index contributed by atoms with van der Waals surface area (Å²) in [7, 11) is 0. The van der Waals surface area contributed by atoms with Crippen molar-refractivity contribution in [3.8, 4) is 0 Å². The van der Waals surface area contributed by atoms with Crippen molar-refractivity contribution in [3.05, 3.63) is 0 Å². The molecule has 1 aliphatic rings. The molecule has 1 aliphatic heterocycles. The fourth-order valence-electron chi connectivity index (χ4n) is 0.818. The van der Waals surface area contributed by atoms with Crippen molar-refractivity contribution in [1.29, 1.82) is 0 Å². The normalized spacial score (nSPS) is 31.8. The molecule has 0 radical (unpaired) electrons. The minimum absolute atomic E-state index is 0. The van der Waals surface area contributed by atoms with E-state index in [1.54, 1.807) is 0 Å². The molecule has 0 bridgehead atoms. The molecule has 1 rings (SSSR count). The minimum Gasteiger partial charge on any atom is -0.394 e. The summed E-state index contributed by atoms with van der Waals surface area (Å²) in [6.45, 7) is 2.55. The van der Waals surface area contributed by atoms with Crippen molar-refractivity contribution in [2.45, 2.75) is 30.6 Å². The van der Waals surface area contributed by atoms with Crippen LogP contribution < -0.4 is 0 Å². The zero-order chi connectivity index (χ0) is 6.69. The van der Waals surface area contributed by atoms with Gasteiger partial charge in [0.1, 0.15) is 0 Å². The molecule has 1 N–H and O–H groups in total. The molecule has 2 atom stereocenters. The summed E-state index contributed by atoms with van der Waals surface area (Å²) < 4.78 is 0.468. The Labute approximate surface area is 72.0 Å². The van der Waals surface area contributed by atoms with E-state index in [1.165, 1.54) is 12.2 Å². The quantitative estimate of drug-likeness (QED) is 0.703. The van der Waals surface area contributed by atoms with Gasteiger partial charge in [-0.1, -0.05) is 14.4 Å². The van der Waals surface area contributed by atoms with Crippen molar-refractivity contribution in [3.63, 3.8) is 0 Å². The van der Waals surface area contributed by atoms with Gasteiger partial charge in [0.2, 0.25) is 0 Å². The van der Waals surface area contributed by atoms with Gasteiger partial charge in [-0.15, -0.1) is 23.5 Å². The third kappa shape index (κ3) is 2.72. The van der Waals surface area contributed by atoms with Crippen molar-refractivity contribution in [1.82, 2.24) is 0 Å². The predicted octanol–water partition coefficient (Wildman–Crippen LogP) is 2.20. The van der Waals surface area contributed by atoms with E-state index in [1.807, 2.05) is 23.5 Å². The molecule has 1 nitrogen and oxygen atoms in total. The Bertz CT molecular complexity index is 77.7. The van der Waals surface area contributed by atoms with Crippen LogP contribution in [0.1, 0.15) is 20.8 Å². The lowest BCUT2D eigenvalue weighted by Crippen LogP contribution is -2.00. The van der Waals surface area contributed by atoms with Crippen LogP contribution in [0, 0.1) is 0 Å². The lowest BCUT2D eigenvalue weighted by Gasteiger charge is -2.03. The van der Waals surface area contributed by atoms with Crippen LogP contribution in [0.3, 0.4) is 0 Å². The highest BCUT2D eigenvalue weighted by atomic mass is 32.2. The summed E-state index contributed by atoms with van der Waals surface area (Å²) >= 11 is 3.81. The number of aliphatic hydroxyl groups excluding tert-OH is 1. The summed E-state index contributed by atoms with van der Waals surface area (Å²) in [5, 5.41) is 9.54. The maximum Gasteiger partial charge on any atom is 0.0736 e. The first-order valence-electron chi connectivity index (χ1n) is 3.24.